The number of hydrogen-bond acceptors (Lipinski definition) is 8. The lowest BCUT2D eigenvalue weighted by Crippen LogP contribution is -2.38. The zero-order valence-corrected chi connectivity index (χ0v) is 18.1. The van der Waals surface area contributed by atoms with Crippen molar-refractivity contribution in [2.24, 2.45) is 0 Å². The van der Waals surface area contributed by atoms with Crippen LogP contribution in [0.2, 0.25) is 0 Å². The van der Waals surface area contributed by atoms with Crippen molar-refractivity contribution in [2.75, 3.05) is 37.9 Å². The summed E-state index contributed by atoms with van der Waals surface area (Å²) in [4.78, 5) is 32.5. The third-order valence-electron chi connectivity index (χ3n) is 5.19. The van der Waals surface area contributed by atoms with Gasteiger partial charge in [0.15, 0.2) is 16.6 Å². The maximum atomic E-state index is 13.4. The number of carbonyl (C=O) groups excluding carboxylic acids is 1. The van der Waals surface area contributed by atoms with E-state index in [0.29, 0.717) is 35.2 Å². The third-order valence-corrected chi connectivity index (χ3v) is 6.23. The molecule has 0 atom stereocenters. The Balaban J connectivity index is 1.70. The number of likely N-dealkylation sites (N-methyl/N-ethyl adjacent to an activating group) is 1. The SMILES string of the molecule is CCN(CC)CCN(C(=O)c1cccc([N+](=O)[O-])c1)c1nc2cc3c(cc2s1)OCO3. The maximum Gasteiger partial charge on any atom is 0.270 e. The Hall–Kier alpha value is -3.24. The first-order valence-corrected chi connectivity index (χ1v) is 10.8. The predicted octanol–water partition coefficient (Wildman–Crippen LogP) is 3.92. The summed E-state index contributed by atoms with van der Waals surface area (Å²) in [5.74, 6) is 0.960. The first-order chi connectivity index (χ1) is 15.0. The van der Waals surface area contributed by atoms with E-state index in [1.807, 2.05) is 6.07 Å². The van der Waals surface area contributed by atoms with Gasteiger partial charge in [-0.3, -0.25) is 19.8 Å². The molecule has 0 fully saturated rings. The van der Waals surface area contributed by atoms with Gasteiger partial charge in [-0.25, -0.2) is 4.98 Å². The molecule has 0 unspecified atom stereocenters. The van der Waals surface area contributed by atoms with E-state index < -0.39 is 4.92 Å². The number of nitrogens with zero attached hydrogens (tertiary/aromatic N) is 4. The molecule has 0 saturated carbocycles. The number of benzene rings is 2. The van der Waals surface area contributed by atoms with Crippen molar-refractivity contribution in [1.82, 2.24) is 9.88 Å². The Morgan fingerprint density at radius 1 is 1.16 bits per heavy atom. The van der Waals surface area contributed by atoms with Crippen LogP contribution in [0.25, 0.3) is 10.2 Å². The highest BCUT2D eigenvalue weighted by Crippen LogP contribution is 2.40. The molecule has 31 heavy (non-hydrogen) atoms. The maximum absolute atomic E-state index is 13.4. The monoisotopic (exact) mass is 442 g/mol. The van der Waals surface area contributed by atoms with Crippen molar-refractivity contribution >= 4 is 38.3 Å². The van der Waals surface area contributed by atoms with E-state index in [1.54, 1.807) is 17.0 Å². The molecular weight excluding hydrogens is 420 g/mol. The molecule has 0 saturated heterocycles. The molecule has 10 heteroatoms. The lowest BCUT2D eigenvalue weighted by molar-refractivity contribution is -0.384. The summed E-state index contributed by atoms with van der Waals surface area (Å²) in [7, 11) is 0. The summed E-state index contributed by atoms with van der Waals surface area (Å²) in [5.41, 5.74) is 0.843. The molecule has 2 heterocycles. The van der Waals surface area contributed by atoms with Crippen LogP contribution < -0.4 is 14.4 Å². The average Bonchev–Trinajstić information content (AvgIpc) is 3.40. The molecule has 1 aliphatic rings. The molecule has 2 aromatic carbocycles. The molecular formula is C21H22N4O5S. The largest absolute Gasteiger partial charge is 0.454 e. The van der Waals surface area contributed by atoms with Gasteiger partial charge in [0.1, 0.15) is 0 Å². The molecule has 0 radical (unpaired) electrons. The van der Waals surface area contributed by atoms with E-state index in [2.05, 4.69) is 23.7 Å². The van der Waals surface area contributed by atoms with Gasteiger partial charge in [-0.1, -0.05) is 31.3 Å². The van der Waals surface area contributed by atoms with Crippen LogP contribution in [0.5, 0.6) is 11.5 Å². The van der Waals surface area contributed by atoms with Crippen LogP contribution in [0.4, 0.5) is 10.8 Å². The highest BCUT2D eigenvalue weighted by molar-refractivity contribution is 7.22. The summed E-state index contributed by atoms with van der Waals surface area (Å²) >= 11 is 1.38. The molecule has 9 nitrogen and oxygen atoms in total. The minimum atomic E-state index is -0.504. The lowest BCUT2D eigenvalue weighted by atomic mass is 10.2. The molecule has 162 valence electrons. The van der Waals surface area contributed by atoms with Crippen LogP contribution in [0, 0.1) is 10.1 Å². The number of fused-ring (bicyclic) bond motifs is 2. The highest BCUT2D eigenvalue weighted by atomic mass is 32.1. The predicted molar refractivity (Wildman–Crippen MR) is 118 cm³/mol. The topological polar surface area (TPSA) is 98.0 Å². The normalized spacial score (nSPS) is 12.5. The lowest BCUT2D eigenvalue weighted by Gasteiger charge is -2.24. The summed E-state index contributed by atoms with van der Waals surface area (Å²) in [6, 6.07) is 9.44. The average molecular weight is 442 g/mol. The number of nitro groups is 1. The van der Waals surface area contributed by atoms with Gasteiger partial charge < -0.3 is 14.4 Å². The van der Waals surface area contributed by atoms with Gasteiger partial charge in [-0.15, -0.1) is 0 Å². The van der Waals surface area contributed by atoms with Gasteiger partial charge in [-0.05, 0) is 19.2 Å². The third kappa shape index (κ3) is 4.30. The number of non-ortho nitro benzene ring substituents is 1. The van der Waals surface area contributed by atoms with Crippen molar-refractivity contribution in [3.05, 3.63) is 52.1 Å². The first kappa shape index (κ1) is 21.0. The first-order valence-electron chi connectivity index (χ1n) is 9.99. The number of ether oxygens (including phenoxy) is 2. The number of rotatable bonds is 8. The van der Waals surface area contributed by atoms with Crippen LogP contribution in [-0.4, -0.2) is 53.7 Å². The van der Waals surface area contributed by atoms with Crippen molar-refractivity contribution in [2.45, 2.75) is 13.8 Å². The molecule has 0 N–H and O–H groups in total. The second kappa shape index (κ2) is 8.86. The Morgan fingerprint density at radius 2 is 1.90 bits per heavy atom. The molecule has 1 amide bonds. The molecule has 0 spiro atoms. The Morgan fingerprint density at radius 3 is 2.61 bits per heavy atom. The minimum Gasteiger partial charge on any atom is -0.454 e. The number of carbonyl (C=O) groups is 1. The number of thiazole rings is 1. The van der Waals surface area contributed by atoms with Crippen LogP contribution >= 0.6 is 11.3 Å². The molecule has 4 rings (SSSR count). The smallest absolute Gasteiger partial charge is 0.270 e. The van der Waals surface area contributed by atoms with Gasteiger partial charge in [0.2, 0.25) is 6.79 Å². The summed E-state index contributed by atoms with van der Waals surface area (Å²) < 4.78 is 11.7. The summed E-state index contributed by atoms with van der Waals surface area (Å²) in [6.45, 7) is 7.10. The van der Waals surface area contributed by atoms with Crippen LogP contribution in [-0.2, 0) is 0 Å². The van der Waals surface area contributed by atoms with Crippen molar-refractivity contribution in [3.63, 3.8) is 0 Å². The van der Waals surface area contributed by atoms with Crippen molar-refractivity contribution in [1.29, 1.82) is 0 Å². The van der Waals surface area contributed by atoms with Gasteiger partial charge in [0.25, 0.3) is 11.6 Å². The standard InChI is InChI=1S/C21H22N4O5S/c1-3-23(4-2)8-9-24(20(26)14-6-5-7-15(10-14)25(27)28)21-22-16-11-17-18(30-13-29-17)12-19(16)31-21/h5-7,10-12H,3-4,8-9,13H2,1-2H3. The second-order valence-electron chi connectivity index (χ2n) is 6.96. The minimum absolute atomic E-state index is 0.121. The van der Waals surface area contributed by atoms with Gasteiger partial charge in [0.05, 0.1) is 15.1 Å². The molecule has 0 bridgehead atoms. The fraction of sp³-hybridized carbons (Fsp3) is 0.333. The van der Waals surface area contributed by atoms with E-state index in [9.17, 15) is 14.9 Å². The van der Waals surface area contributed by atoms with E-state index in [-0.39, 0.29) is 24.0 Å². The van der Waals surface area contributed by atoms with Crippen LogP contribution in [0.15, 0.2) is 36.4 Å². The zero-order valence-electron chi connectivity index (χ0n) is 17.2. The van der Waals surface area contributed by atoms with E-state index in [1.165, 1.54) is 29.5 Å². The van der Waals surface area contributed by atoms with Crippen molar-refractivity contribution < 1.29 is 19.2 Å². The zero-order chi connectivity index (χ0) is 22.0. The van der Waals surface area contributed by atoms with E-state index in [4.69, 9.17) is 9.47 Å². The molecule has 0 aliphatic carbocycles. The number of amides is 1. The molecule has 1 aromatic heterocycles. The number of aromatic nitrogens is 1. The van der Waals surface area contributed by atoms with Gasteiger partial charge >= 0.3 is 0 Å². The summed E-state index contributed by atoms with van der Waals surface area (Å²) in [5, 5.41) is 11.7. The van der Waals surface area contributed by atoms with Crippen LogP contribution in [0.1, 0.15) is 24.2 Å². The molecule has 1 aliphatic heterocycles. The second-order valence-corrected chi connectivity index (χ2v) is 7.97. The van der Waals surface area contributed by atoms with E-state index >= 15 is 0 Å². The fourth-order valence-corrected chi connectivity index (χ4v) is 4.40. The quantitative estimate of drug-likeness (QED) is 0.385. The Labute approximate surface area is 183 Å². The Bertz CT molecular complexity index is 1090. The highest BCUT2D eigenvalue weighted by Gasteiger charge is 2.24. The number of anilines is 1. The van der Waals surface area contributed by atoms with Crippen molar-refractivity contribution in [3.8, 4) is 11.5 Å². The van der Waals surface area contributed by atoms with E-state index in [0.717, 1.165) is 17.8 Å². The number of hydrogen-bond donors (Lipinski definition) is 0. The van der Waals surface area contributed by atoms with Gasteiger partial charge in [-0.2, -0.15) is 0 Å². The summed E-state index contributed by atoms with van der Waals surface area (Å²) in [6.07, 6.45) is 0. The molecule has 3 aromatic rings. The van der Waals surface area contributed by atoms with Gasteiger partial charge in [0, 0.05) is 42.9 Å². The van der Waals surface area contributed by atoms with Crippen LogP contribution in [0.3, 0.4) is 0 Å². The fourth-order valence-electron chi connectivity index (χ4n) is 3.40. The Kier molecular flexibility index (Phi) is 6.01. The number of nitro benzene ring substituents is 1.